The quantitative estimate of drug-likeness (QED) is 0.696. The molecule has 0 bridgehead atoms. The normalized spacial score (nSPS) is 13.9. The Morgan fingerprint density at radius 3 is 2.33 bits per heavy atom. The zero-order chi connectivity index (χ0) is 11.6. The van der Waals surface area contributed by atoms with Crippen molar-refractivity contribution in [3.63, 3.8) is 0 Å². The van der Waals surface area contributed by atoms with Crippen LogP contribution in [0.25, 0.3) is 0 Å². The highest BCUT2D eigenvalue weighted by Crippen LogP contribution is 2.32. The van der Waals surface area contributed by atoms with Gasteiger partial charge in [-0.3, -0.25) is 0 Å². The van der Waals surface area contributed by atoms with Gasteiger partial charge in [-0.05, 0) is 28.7 Å². The van der Waals surface area contributed by atoms with E-state index in [1.165, 1.54) is 0 Å². The van der Waals surface area contributed by atoms with Crippen LogP contribution >= 0.6 is 0 Å². The minimum absolute atomic E-state index is 0.185. The molecular formula is C12H18O3. The van der Waals surface area contributed by atoms with E-state index >= 15 is 0 Å². The molecule has 0 fully saturated rings. The third-order valence-electron chi connectivity index (χ3n) is 2.39. The molecule has 1 aromatic rings. The minimum atomic E-state index is -0.883. The molecule has 1 atom stereocenters. The van der Waals surface area contributed by atoms with Crippen LogP contribution in [0.2, 0.25) is 0 Å². The molecule has 0 spiro atoms. The van der Waals surface area contributed by atoms with E-state index in [0.29, 0.717) is 5.56 Å². The summed E-state index contributed by atoms with van der Waals surface area (Å²) >= 11 is 0. The molecule has 0 aliphatic heterocycles. The van der Waals surface area contributed by atoms with Gasteiger partial charge in [-0.15, -0.1) is 0 Å². The molecule has 0 saturated carbocycles. The van der Waals surface area contributed by atoms with E-state index in [9.17, 15) is 10.2 Å². The molecule has 0 heterocycles. The first-order valence-corrected chi connectivity index (χ1v) is 4.98. The van der Waals surface area contributed by atoms with Gasteiger partial charge in [0.05, 0.1) is 6.61 Å². The molecule has 0 aliphatic carbocycles. The highest BCUT2D eigenvalue weighted by Gasteiger charge is 2.19. The van der Waals surface area contributed by atoms with Crippen LogP contribution in [-0.4, -0.2) is 21.9 Å². The summed E-state index contributed by atoms with van der Waals surface area (Å²) < 4.78 is 0. The Balaban J connectivity index is 3.17. The van der Waals surface area contributed by atoms with Gasteiger partial charge in [-0.25, -0.2) is 0 Å². The van der Waals surface area contributed by atoms with Crippen molar-refractivity contribution in [1.29, 1.82) is 0 Å². The topological polar surface area (TPSA) is 60.7 Å². The monoisotopic (exact) mass is 210 g/mol. The summed E-state index contributed by atoms with van der Waals surface area (Å²) in [5.74, 6) is 0.219. The van der Waals surface area contributed by atoms with Gasteiger partial charge in [0.2, 0.25) is 0 Å². The molecule has 1 aromatic carbocycles. The predicted molar refractivity (Wildman–Crippen MR) is 58.9 cm³/mol. The van der Waals surface area contributed by atoms with Gasteiger partial charge in [-0.1, -0.05) is 26.8 Å². The standard InChI is InChI=1S/C12H18O3/c1-12(2,3)9-6-8(11(15)7-13)4-5-10(9)14/h4-6,11,13-15H,7H2,1-3H3. The molecule has 1 unspecified atom stereocenters. The predicted octanol–water partition coefficient (Wildman–Crippen LogP) is 1.72. The van der Waals surface area contributed by atoms with E-state index in [1.54, 1.807) is 18.2 Å². The Kier molecular flexibility index (Phi) is 3.37. The lowest BCUT2D eigenvalue weighted by atomic mass is 9.85. The van der Waals surface area contributed by atoms with E-state index in [0.717, 1.165) is 5.56 Å². The van der Waals surface area contributed by atoms with Crippen molar-refractivity contribution >= 4 is 0 Å². The molecule has 3 N–H and O–H groups in total. The van der Waals surface area contributed by atoms with E-state index < -0.39 is 6.10 Å². The average Bonchev–Trinajstić information content (AvgIpc) is 2.15. The second-order valence-electron chi connectivity index (χ2n) is 4.72. The molecule has 15 heavy (non-hydrogen) atoms. The van der Waals surface area contributed by atoms with Gasteiger partial charge in [0.1, 0.15) is 11.9 Å². The number of phenolic OH excluding ortho intramolecular Hbond substituents is 1. The van der Waals surface area contributed by atoms with Crippen LogP contribution in [0.3, 0.4) is 0 Å². The van der Waals surface area contributed by atoms with Gasteiger partial charge in [0.15, 0.2) is 0 Å². The highest BCUT2D eigenvalue weighted by molar-refractivity contribution is 5.41. The number of rotatable bonds is 2. The Morgan fingerprint density at radius 1 is 1.27 bits per heavy atom. The average molecular weight is 210 g/mol. The second-order valence-corrected chi connectivity index (χ2v) is 4.72. The highest BCUT2D eigenvalue weighted by atomic mass is 16.3. The fourth-order valence-electron chi connectivity index (χ4n) is 1.47. The molecule has 3 heteroatoms. The Labute approximate surface area is 90.0 Å². The molecule has 0 saturated heterocycles. The third kappa shape index (κ3) is 2.70. The number of aliphatic hydroxyl groups excluding tert-OH is 2. The van der Waals surface area contributed by atoms with Crippen LogP contribution in [0.1, 0.15) is 38.0 Å². The number of aliphatic hydroxyl groups is 2. The van der Waals surface area contributed by atoms with Gasteiger partial charge in [0.25, 0.3) is 0 Å². The molecule has 0 amide bonds. The third-order valence-corrected chi connectivity index (χ3v) is 2.39. The summed E-state index contributed by atoms with van der Waals surface area (Å²) in [6.45, 7) is 5.64. The Bertz CT molecular complexity index is 339. The van der Waals surface area contributed by atoms with Crippen LogP contribution in [0, 0.1) is 0 Å². The lowest BCUT2D eigenvalue weighted by molar-refractivity contribution is 0.0954. The van der Waals surface area contributed by atoms with Crippen LogP contribution in [0.15, 0.2) is 18.2 Å². The van der Waals surface area contributed by atoms with E-state index in [-0.39, 0.29) is 17.8 Å². The summed E-state index contributed by atoms with van der Waals surface area (Å²) in [5, 5.41) is 28.0. The van der Waals surface area contributed by atoms with Gasteiger partial charge in [0, 0.05) is 0 Å². The molecule has 0 radical (unpaired) electrons. The van der Waals surface area contributed by atoms with E-state index in [2.05, 4.69) is 0 Å². The van der Waals surface area contributed by atoms with E-state index in [4.69, 9.17) is 5.11 Å². The molecule has 0 aliphatic rings. The number of aromatic hydroxyl groups is 1. The summed E-state index contributed by atoms with van der Waals surface area (Å²) in [4.78, 5) is 0. The zero-order valence-electron chi connectivity index (χ0n) is 9.36. The van der Waals surface area contributed by atoms with Crippen molar-refractivity contribution in [2.75, 3.05) is 6.61 Å². The van der Waals surface area contributed by atoms with Crippen molar-refractivity contribution in [3.8, 4) is 5.75 Å². The maximum atomic E-state index is 9.68. The minimum Gasteiger partial charge on any atom is -0.508 e. The molecular weight excluding hydrogens is 192 g/mol. The molecule has 1 rings (SSSR count). The van der Waals surface area contributed by atoms with E-state index in [1.807, 2.05) is 20.8 Å². The number of hydrogen-bond donors (Lipinski definition) is 3. The molecule has 0 aromatic heterocycles. The maximum absolute atomic E-state index is 9.68. The van der Waals surface area contributed by atoms with Gasteiger partial charge >= 0.3 is 0 Å². The number of benzene rings is 1. The van der Waals surface area contributed by atoms with Crippen LogP contribution in [-0.2, 0) is 5.41 Å². The van der Waals surface area contributed by atoms with Gasteiger partial charge < -0.3 is 15.3 Å². The molecule has 84 valence electrons. The zero-order valence-corrected chi connectivity index (χ0v) is 9.36. The summed E-state index contributed by atoms with van der Waals surface area (Å²) in [6.07, 6.45) is -0.883. The van der Waals surface area contributed by atoms with Crippen LogP contribution < -0.4 is 0 Å². The van der Waals surface area contributed by atoms with Crippen molar-refractivity contribution in [2.45, 2.75) is 32.3 Å². The Morgan fingerprint density at radius 2 is 1.87 bits per heavy atom. The van der Waals surface area contributed by atoms with Crippen molar-refractivity contribution < 1.29 is 15.3 Å². The van der Waals surface area contributed by atoms with Crippen LogP contribution in [0.5, 0.6) is 5.75 Å². The maximum Gasteiger partial charge on any atom is 0.119 e. The number of hydrogen-bond acceptors (Lipinski definition) is 3. The lowest BCUT2D eigenvalue weighted by Crippen LogP contribution is -2.13. The first kappa shape index (κ1) is 12.0. The summed E-state index contributed by atoms with van der Waals surface area (Å²) in [5.41, 5.74) is 1.21. The fraction of sp³-hybridized carbons (Fsp3) is 0.500. The van der Waals surface area contributed by atoms with Crippen molar-refractivity contribution in [2.24, 2.45) is 0 Å². The Hall–Kier alpha value is -1.06. The summed E-state index contributed by atoms with van der Waals surface area (Å²) in [7, 11) is 0. The summed E-state index contributed by atoms with van der Waals surface area (Å²) in [6, 6.07) is 4.90. The lowest BCUT2D eigenvalue weighted by Gasteiger charge is -2.22. The van der Waals surface area contributed by atoms with Crippen LogP contribution in [0.4, 0.5) is 0 Å². The second kappa shape index (κ2) is 4.21. The van der Waals surface area contributed by atoms with Crippen molar-refractivity contribution in [3.05, 3.63) is 29.3 Å². The number of phenols is 1. The SMILES string of the molecule is CC(C)(C)c1cc(C(O)CO)ccc1O. The first-order valence-electron chi connectivity index (χ1n) is 4.98. The smallest absolute Gasteiger partial charge is 0.119 e. The fourth-order valence-corrected chi connectivity index (χ4v) is 1.47. The molecule has 3 nitrogen and oxygen atoms in total. The van der Waals surface area contributed by atoms with Gasteiger partial charge in [-0.2, -0.15) is 0 Å². The largest absolute Gasteiger partial charge is 0.508 e. The van der Waals surface area contributed by atoms with Crippen molar-refractivity contribution in [1.82, 2.24) is 0 Å². The first-order chi connectivity index (χ1) is 6.86.